The molecule has 0 radical (unpaired) electrons. The molecule has 0 unspecified atom stereocenters. The Balaban J connectivity index is 0.000000292. The molecule has 4 heteroatoms. The molecule has 0 aromatic heterocycles. The van der Waals surface area contributed by atoms with Gasteiger partial charge in [-0.25, -0.2) is 5.21 Å². The lowest BCUT2D eigenvalue weighted by Crippen LogP contribution is -2.44. The number of rotatable bonds is 0. The lowest BCUT2D eigenvalue weighted by atomic mass is 10.1. The highest BCUT2D eigenvalue weighted by Crippen LogP contribution is 2.11. The number of hydroxylamine groups is 3. The molecule has 0 atom stereocenters. The van der Waals surface area contributed by atoms with E-state index in [0.717, 1.165) is 13.1 Å². The van der Waals surface area contributed by atoms with E-state index in [1.165, 1.54) is 19.3 Å². The molecule has 1 aliphatic heterocycles. The van der Waals surface area contributed by atoms with Gasteiger partial charge in [-0.2, -0.15) is 4.65 Å². The maximum absolute atomic E-state index is 9.31. The van der Waals surface area contributed by atoms with Gasteiger partial charge in [-0.15, -0.1) is 0 Å². The average molecular weight is 161 g/mol. The second-order valence-electron chi connectivity index (χ2n) is 2.94. The van der Waals surface area contributed by atoms with Crippen molar-refractivity contribution in [1.82, 2.24) is 0 Å². The summed E-state index contributed by atoms with van der Waals surface area (Å²) in [5.41, 5.74) is 0. The lowest BCUT2D eigenvalue weighted by Gasteiger charge is -2.28. The monoisotopic (exact) mass is 161 g/mol. The van der Waals surface area contributed by atoms with E-state index in [0.29, 0.717) is 0 Å². The van der Waals surface area contributed by atoms with Crippen LogP contribution >= 0.6 is 0 Å². The number of carbonyl (C=O) groups excluding carboxylic acids is 1. The van der Waals surface area contributed by atoms with Gasteiger partial charge in [0.15, 0.2) is 0 Å². The summed E-state index contributed by atoms with van der Waals surface area (Å²) in [5, 5.41) is 17.6. The molecule has 1 N–H and O–H groups in total. The van der Waals surface area contributed by atoms with E-state index >= 15 is 0 Å². The van der Waals surface area contributed by atoms with Crippen LogP contribution in [0.4, 0.5) is 0 Å². The molecular formula is C7H15NO3. The predicted molar refractivity (Wildman–Crippen MR) is 37.6 cm³/mol. The summed E-state index contributed by atoms with van der Waals surface area (Å²) < 4.78 is 0.250. The summed E-state index contributed by atoms with van der Waals surface area (Å²) in [6.45, 7) is 1.39. The van der Waals surface area contributed by atoms with Crippen molar-refractivity contribution in [3.63, 3.8) is 0 Å². The molecule has 11 heavy (non-hydrogen) atoms. The summed E-state index contributed by atoms with van der Waals surface area (Å²) in [4.78, 5) is 8.25. The minimum absolute atomic E-state index is 0.250. The number of quaternary nitrogens is 1. The smallest absolute Gasteiger partial charge is 0.108 e. The van der Waals surface area contributed by atoms with E-state index in [1.807, 2.05) is 7.05 Å². The second kappa shape index (κ2) is 5.09. The SMILES string of the molecule is C[N+]1(O)CCCCC1.O=C[O-]. The van der Waals surface area contributed by atoms with Gasteiger partial charge in [0.2, 0.25) is 0 Å². The average Bonchev–Trinajstić information content (AvgIpc) is 1.88. The Morgan fingerprint density at radius 2 is 1.73 bits per heavy atom. The first-order chi connectivity index (χ1) is 5.12. The first-order valence-corrected chi connectivity index (χ1v) is 3.75. The van der Waals surface area contributed by atoms with Crippen molar-refractivity contribution < 1.29 is 19.8 Å². The molecule has 1 fully saturated rings. The van der Waals surface area contributed by atoms with Gasteiger partial charge in [-0.1, -0.05) is 0 Å². The molecule has 1 heterocycles. The first kappa shape index (κ1) is 10.4. The van der Waals surface area contributed by atoms with E-state index < -0.39 is 6.47 Å². The van der Waals surface area contributed by atoms with Gasteiger partial charge in [-0.3, -0.25) is 0 Å². The van der Waals surface area contributed by atoms with Crippen LogP contribution in [0.15, 0.2) is 0 Å². The largest absolute Gasteiger partial charge is 0.554 e. The Kier molecular flexibility index (Phi) is 4.81. The van der Waals surface area contributed by atoms with Crippen LogP contribution in [0.5, 0.6) is 0 Å². The zero-order valence-electron chi connectivity index (χ0n) is 6.82. The van der Waals surface area contributed by atoms with E-state index in [1.54, 1.807) is 0 Å². The number of nitrogens with zero attached hydrogens (tertiary/aromatic N) is 1. The topological polar surface area (TPSA) is 60.4 Å². The fraction of sp³-hybridized carbons (Fsp3) is 0.857. The van der Waals surface area contributed by atoms with Gasteiger partial charge in [-0.05, 0) is 19.3 Å². The second-order valence-corrected chi connectivity index (χ2v) is 2.94. The summed E-state index contributed by atoms with van der Waals surface area (Å²) in [5.74, 6) is 0. The summed E-state index contributed by atoms with van der Waals surface area (Å²) >= 11 is 0. The molecule has 0 saturated carbocycles. The van der Waals surface area contributed by atoms with Crippen molar-refractivity contribution in [3.8, 4) is 0 Å². The van der Waals surface area contributed by atoms with Crippen LogP contribution in [0.1, 0.15) is 19.3 Å². The van der Waals surface area contributed by atoms with Crippen LogP contribution in [-0.2, 0) is 4.79 Å². The molecule has 1 saturated heterocycles. The predicted octanol–water partition coefficient (Wildman–Crippen LogP) is -0.628. The number of carboxylic acid groups (broad SMARTS) is 1. The highest BCUT2D eigenvalue weighted by atomic mass is 16.5. The van der Waals surface area contributed by atoms with Crippen LogP contribution in [0, 0.1) is 0 Å². The summed E-state index contributed by atoms with van der Waals surface area (Å²) in [7, 11) is 1.87. The van der Waals surface area contributed by atoms with Crippen molar-refractivity contribution in [2.75, 3.05) is 20.1 Å². The summed E-state index contributed by atoms with van der Waals surface area (Å²) in [6.07, 6.45) is 3.68. The number of hydrogen-bond donors (Lipinski definition) is 1. The Morgan fingerprint density at radius 3 is 1.91 bits per heavy atom. The molecule has 0 spiro atoms. The van der Waals surface area contributed by atoms with Crippen molar-refractivity contribution in [3.05, 3.63) is 0 Å². The molecule has 1 rings (SSSR count). The Hall–Kier alpha value is -0.610. The van der Waals surface area contributed by atoms with Crippen molar-refractivity contribution in [2.45, 2.75) is 19.3 Å². The van der Waals surface area contributed by atoms with Gasteiger partial charge in [0.25, 0.3) is 0 Å². The fourth-order valence-electron chi connectivity index (χ4n) is 1.19. The third-order valence-electron chi connectivity index (χ3n) is 1.78. The highest BCUT2D eigenvalue weighted by molar-refractivity contribution is 5.29. The molecule has 0 aliphatic carbocycles. The molecule has 0 bridgehead atoms. The Morgan fingerprint density at radius 1 is 1.36 bits per heavy atom. The minimum atomic E-state index is -0.500. The first-order valence-electron chi connectivity index (χ1n) is 3.75. The van der Waals surface area contributed by atoms with Crippen LogP contribution in [0.25, 0.3) is 0 Å². The van der Waals surface area contributed by atoms with Crippen LogP contribution in [0.2, 0.25) is 0 Å². The van der Waals surface area contributed by atoms with Crippen molar-refractivity contribution in [2.24, 2.45) is 0 Å². The van der Waals surface area contributed by atoms with Crippen molar-refractivity contribution in [1.29, 1.82) is 0 Å². The van der Waals surface area contributed by atoms with Crippen LogP contribution in [0.3, 0.4) is 0 Å². The third-order valence-corrected chi connectivity index (χ3v) is 1.78. The standard InChI is InChI=1S/C6H14NO.CH2O2/c1-7(8)5-3-2-4-6-7;2-1-3/h8H,2-6H2,1H3;1H,(H,2,3)/q+1;/p-1. The van der Waals surface area contributed by atoms with E-state index in [9.17, 15) is 5.21 Å². The van der Waals surface area contributed by atoms with Gasteiger partial charge in [0.05, 0.1) is 7.05 Å². The highest BCUT2D eigenvalue weighted by Gasteiger charge is 2.21. The Labute approximate surface area is 66.6 Å². The third kappa shape index (κ3) is 5.82. The van der Waals surface area contributed by atoms with Crippen molar-refractivity contribution >= 4 is 6.47 Å². The lowest BCUT2D eigenvalue weighted by molar-refractivity contribution is -1.09. The number of carbonyl (C=O) groups is 1. The minimum Gasteiger partial charge on any atom is -0.554 e. The van der Waals surface area contributed by atoms with E-state index in [-0.39, 0.29) is 4.65 Å². The van der Waals surface area contributed by atoms with Gasteiger partial charge in [0.1, 0.15) is 13.1 Å². The van der Waals surface area contributed by atoms with E-state index in [2.05, 4.69) is 0 Å². The number of hydrogen-bond acceptors (Lipinski definition) is 3. The zero-order chi connectivity index (χ0) is 8.74. The molecule has 66 valence electrons. The molecular weight excluding hydrogens is 146 g/mol. The molecule has 0 aromatic carbocycles. The van der Waals surface area contributed by atoms with E-state index in [4.69, 9.17) is 9.90 Å². The zero-order valence-corrected chi connectivity index (χ0v) is 6.82. The van der Waals surface area contributed by atoms with Crippen LogP contribution in [-0.4, -0.2) is 36.5 Å². The van der Waals surface area contributed by atoms with Gasteiger partial charge >= 0.3 is 0 Å². The molecule has 0 aromatic rings. The van der Waals surface area contributed by atoms with Gasteiger partial charge < -0.3 is 9.90 Å². The van der Waals surface area contributed by atoms with Crippen LogP contribution < -0.4 is 5.11 Å². The molecule has 1 aliphatic rings. The quantitative estimate of drug-likeness (QED) is 0.380. The van der Waals surface area contributed by atoms with Gasteiger partial charge in [0, 0.05) is 6.47 Å². The normalized spacial score (nSPS) is 21.3. The fourth-order valence-corrected chi connectivity index (χ4v) is 1.19. The maximum atomic E-state index is 9.31. The number of likely N-dealkylation sites (tertiary alicyclic amines) is 1. The molecule has 0 amide bonds. The molecule has 4 nitrogen and oxygen atoms in total. The summed E-state index contributed by atoms with van der Waals surface area (Å²) in [6, 6.07) is 0. The Bertz CT molecular complexity index is 106. The maximum Gasteiger partial charge on any atom is 0.108 e. The number of piperidine rings is 1.